The number of ether oxygens (including phenoxy) is 1. The van der Waals surface area contributed by atoms with Crippen LogP contribution >= 0.6 is 0 Å². The van der Waals surface area contributed by atoms with Crippen molar-refractivity contribution in [1.29, 1.82) is 0 Å². The molecule has 0 spiro atoms. The van der Waals surface area contributed by atoms with Crippen molar-refractivity contribution in [2.75, 3.05) is 0 Å². The minimum atomic E-state index is -5.21. The maximum atomic E-state index is 15.3. The zero-order chi connectivity index (χ0) is 26.7. The van der Waals surface area contributed by atoms with Crippen LogP contribution in [0.15, 0.2) is 42.5 Å². The Morgan fingerprint density at radius 1 is 0.892 bits per heavy atom. The molecule has 3 aromatic rings. The number of rotatable bonds is 7. The van der Waals surface area contributed by atoms with Gasteiger partial charge in [0.05, 0.1) is 0 Å². The van der Waals surface area contributed by atoms with Gasteiger partial charge in [-0.3, -0.25) is 0 Å². The SMILES string of the molecule is CC[C@H]1CC[C@H](CCc2c(F)c[c]c(Oc3ccccc3-c3cc(F)c(C(F)(F)F)c(F)c3)c2F)CC1. The van der Waals surface area contributed by atoms with E-state index >= 15 is 4.39 Å². The second kappa shape index (κ2) is 11.2. The molecule has 0 N–H and O–H groups in total. The first-order valence-electron chi connectivity index (χ1n) is 12.3. The zero-order valence-electron chi connectivity index (χ0n) is 20.2. The van der Waals surface area contributed by atoms with Gasteiger partial charge in [0, 0.05) is 17.2 Å². The number of para-hydroxylation sites is 1. The van der Waals surface area contributed by atoms with Crippen LogP contribution in [-0.2, 0) is 12.6 Å². The van der Waals surface area contributed by atoms with E-state index in [1.54, 1.807) is 0 Å². The Kier molecular flexibility index (Phi) is 8.14. The Balaban J connectivity index is 1.58. The van der Waals surface area contributed by atoms with Gasteiger partial charge in [0.2, 0.25) is 0 Å². The standard InChI is InChI=1S/C29H26F7O/c1-2-17-7-9-18(10-8-17)11-12-21-22(30)13-14-26(28(21)33)37-25-6-4-3-5-20(25)19-15-23(31)27(24(32)16-19)29(34,35)36/h3-6,13,15-18H,2,7-12H2,1H3/t17-,18-. The molecule has 1 aliphatic carbocycles. The van der Waals surface area contributed by atoms with Gasteiger partial charge in [-0.25, -0.2) is 17.6 Å². The average molecular weight is 524 g/mol. The third-order valence-electron chi connectivity index (χ3n) is 7.16. The molecule has 1 saturated carbocycles. The van der Waals surface area contributed by atoms with Crippen molar-refractivity contribution in [2.24, 2.45) is 11.8 Å². The first-order valence-corrected chi connectivity index (χ1v) is 12.3. The smallest absolute Gasteiger partial charge is 0.422 e. The molecule has 4 rings (SSSR count). The summed E-state index contributed by atoms with van der Waals surface area (Å²) in [4.78, 5) is 0. The van der Waals surface area contributed by atoms with E-state index in [2.05, 4.69) is 13.0 Å². The Morgan fingerprint density at radius 3 is 2.14 bits per heavy atom. The van der Waals surface area contributed by atoms with Crippen molar-refractivity contribution in [3.05, 3.63) is 82.9 Å². The van der Waals surface area contributed by atoms with Gasteiger partial charge in [0.15, 0.2) is 11.6 Å². The lowest BCUT2D eigenvalue weighted by Crippen LogP contribution is -2.15. The minimum absolute atomic E-state index is 0.0281. The van der Waals surface area contributed by atoms with E-state index in [0.29, 0.717) is 30.4 Å². The van der Waals surface area contributed by atoms with Gasteiger partial charge in [0.1, 0.15) is 28.8 Å². The Labute approximate surface area is 211 Å². The summed E-state index contributed by atoms with van der Waals surface area (Å²) in [7, 11) is 0. The molecule has 1 radical (unpaired) electrons. The van der Waals surface area contributed by atoms with Crippen LogP contribution in [0.1, 0.15) is 56.6 Å². The van der Waals surface area contributed by atoms with Crippen LogP contribution in [0, 0.1) is 41.2 Å². The summed E-state index contributed by atoms with van der Waals surface area (Å²) in [5.41, 5.74) is -2.33. The first kappa shape index (κ1) is 27.0. The maximum Gasteiger partial charge on any atom is 0.422 e. The molecule has 197 valence electrons. The monoisotopic (exact) mass is 523 g/mol. The number of hydrogen-bond donors (Lipinski definition) is 0. The molecule has 1 fully saturated rings. The van der Waals surface area contributed by atoms with Crippen LogP contribution in [0.2, 0.25) is 0 Å². The number of halogens is 7. The van der Waals surface area contributed by atoms with Crippen LogP contribution in [-0.4, -0.2) is 0 Å². The third-order valence-corrected chi connectivity index (χ3v) is 7.16. The molecule has 0 heterocycles. The maximum absolute atomic E-state index is 15.3. The van der Waals surface area contributed by atoms with Gasteiger partial charge >= 0.3 is 6.18 Å². The van der Waals surface area contributed by atoms with Gasteiger partial charge in [-0.15, -0.1) is 0 Å². The van der Waals surface area contributed by atoms with E-state index in [0.717, 1.165) is 38.2 Å². The van der Waals surface area contributed by atoms with E-state index in [9.17, 15) is 26.3 Å². The van der Waals surface area contributed by atoms with Gasteiger partial charge in [-0.1, -0.05) is 57.2 Å². The molecular formula is C29H26F7O. The molecular weight excluding hydrogens is 497 g/mol. The molecule has 0 atom stereocenters. The lowest BCUT2D eigenvalue weighted by Gasteiger charge is -2.27. The normalized spacial score (nSPS) is 18.2. The molecule has 0 aliphatic heterocycles. The quantitative estimate of drug-likeness (QED) is 0.280. The summed E-state index contributed by atoms with van der Waals surface area (Å²) < 4.78 is 103. The van der Waals surface area contributed by atoms with E-state index < -0.39 is 40.8 Å². The van der Waals surface area contributed by atoms with Crippen molar-refractivity contribution in [3.63, 3.8) is 0 Å². The summed E-state index contributed by atoms with van der Waals surface area (Å²) in [6.45, 7) is 2.17. The van der Waals surface area contributed by atoms with Crippen molar-refractivity contribution in [1.82, 2.24) is 0 Å². The Morgan fingerprint density at radius 2 is 1.51 bits per heavy atom. The van der Waals surface area contributed by atoms with Crippen molar-refractivity contribution >= 4 is 0 Å². The summed E-state index contributed by atoms with van der Waals surface area (Å²) in [6.07, 6.45) is 1.03. The molecule has 37 heavy (non-hydrogen) atoms. The fraction of sp³-hybridized carbons (Fsp3) is 0.379. The average Bonchev–Trinajstić information content (AvgIpc) is 2.85. The lowest BCUT2D eigenvalue weighted by atomic mass is 9.78. The first-order chi connectivity index (χ1) is 17.6. The Bertz CT molecular complexity index is 1220. The molecule has 0 saturated heterocycles. The molecule has 0 aromatic heterocycles. The number of hydrogen-bond acceptors (Lipinski definition) is 1. The van der Waals surface area contributed by atoms with Crippen LogP contribution in [0.25, 0.3) is 11.1 Å². The van der Waals surface area contributed by atoms with Gasteiger partial charge in [-0.2, -0.15) is 13.2 Å². The molecule has 0 unspecified atom stereocenters. The fourth-order valence-corrected chi connectivity index (χ4v) is 5.01. The van der Waals surface area contributed by atoms with Gasteiger partial charge in [-0.05, 0) is 54.5 Å². The predicted octanol–water partition coefficient (Wildman–Crippen LogP) is 9.67. The summed E-state index contributed by atoms with van der Waals surface area (Å²) >= 11 is 0. The van der Waals surface area contributed by atoms with Gasteiger partial charge < -0.3 is 4.74 Å². The number of benzene rings is 3. The second-order valence-corrected chi connectivity index (χ2v) is 9.50. The molecule has 1 aliphatic rings. The fourth-order valence-electron chi connectivity index (χ4n) is 5.01. The summed E-state index contributed by atoms with van der Waals surface area (Å²) in [5, 5.41) is 0. The largest absolute Gasteiger partial charge is 0.453 e. The molecule has 0 bridgehead atoms. The predicted molar refractivity (Wildman–Crippen MR) is 126 cm³/mol. The minimum Gasteiger partial charge on any atom is -0.453 e. The second-order valence-electron chi connectivity index (χ2n) is 9.50. The highest BCUT2D eigenvalue weighted by atomic mass is 19.4. The lowest BCUT2D eigenvalue weighted by molar-refractivity contribution is -0.142. The van der Waals surface area contributed by atoms with E-state index in [4.69, 9.17) is 4.74 Å². The molecule has 8 heteroatoms. The van der Waals surface area contributed by atoms with Crippen LogP contribution < -0.4 is 4.74 Å². The van der Waals surface area contributed by atoms with E-state index in [1.807, 2.05) is 0 Å². The topological polar surface area (TPSA) is 9.23 Å². The van der Waals surface area contributed by atoms with Crippen LogP contribution in [0.4, 0.5) is 30.7 Å². The summed E-state index contributed by atoms with van der Waals surface area (Å²) in [5.74, 6) is -4.63. The van der Waals surface area contributed by atoms with Gasteiger partial charge in [0.25, 0.3) is 0 Å². The van der Waals surface area contributed by atoms with Crippen LogP contribution in [0.5, 0.6) is 11.5 Å². The van der Waals surface area contributed by atoms with Crippen molar-refractivity contribution in [3.8, 4) is 22.6 Å². The highest BCUT2D eigenvalue weighted by molar-refractivity contribution is 5.71. The third kappa shape index (κ3) is 6.11. The van der Waals surface area contributed by atoms with E-state index in [-0.39, 0.29) is 28.9 Å². The highest BCUT2D eigenvalue weighted by Crippen LogP contribution is 2.40. The van der Waals surface area contributed by atoms with Crippen molar-refractivity contribution < 1.29 is 35.5 Å². The zero-order valence-corrected chi connectivity index (χ0v) is 20.2. The Hall–Kier alpha value is -3.03. The summed E-state index contributed by atoms with van der Waals surface area (Å²) in [6, 6.07) is 10.2. The van der Waals surface area contributed by atoms with Crippen molar-refractivity contribution in [2.45, 2.75) is 58.0 Å². The molecule has 1 nitrogen and oxygen atoms in total. The molecule has 3 aromatic carbocycles. The van der Waals surface area contributed by atoms with E-state index in [1.165, 1.54) is 24.3 Å². The molecule has 0 amide bonds. The number of alkyl halides is 3. The highest BCUT2D eigenvalue weighted by Gasteiger charge is 2.38. The van der Waals surface area contributed by atoms with Crippen LogP contribution in [0.3, 0.4) is 0 Å².